The molecule has 0 bridgehead atoms. The van der Waals surface area contributed by atoms with Crippen molar-refractivity contribution in [1.29, 1.82) is 0 Å². The zero-order valence-corrected chi connectivity index (χ0v) is 22.7. The molecule has 0 saturated carbocycles. The Kier molecular flexibility index (Phi) is 7.45. The van der Waals surface area contributed by atoms with E-state index in [0.29, 0.717) is 31.9 Å². The van der Waals surface area contributed by atoms with Crippen molar-refractivity contribution in [2.24, 2.45) is 4.99 Å². The van der Waals surface area contributed by atoms with Gasteiger partial charge in [0.05, 0.1) is 22.9 Å². The van der Waals surface area contributed by atoms with E-state index in [9.17, 15) is 18.4 Å². The lowest BCUT2D eigenvalue weighted by Gasteiger charge is -2.24. The summed E-state index contributed by atoms with van der Waals surface area (Å²) in [5.74, 6) is -0.333. The summed E-state index contributed by atoms with van der Waals surface area (Å²) in [6.45, 7) is 0.673. The average molecular weight is 568 g/mol. The van der Waals surface area contributed by atoms with Gasteiger partial charge in [-0.2, -0.15) is 8.78 Å². The summed E-state index contributed by atoms with van der Waals surface area (Å²) in [4.78, 5) is 33.3. The SMILES string of the molecule is COc1cc(/C=c2/sc3n(c2=O)[C@H](c2cccs2)C(C(=O)Nc2ccccc2C)=C(C)N=3)ccc1OC(F)F. The third kappa shape index (κ3) is 5.27. The first-order valence-electron chi connectivity index (χ1n) is 11.8. The molecule has 0 radical (unpaired) electrons. The van der Waals surface area contributed by atoms with Gasteiger partial charge in [0.25, 0.3) is 11.5 Å². The maximum atomic E-state index is 13.8. The molecule has 4 aromatic rings. The van der Waals surface area contributed by atoms with Crippen molar-refractivity contribution in [3.63, 3.8) is 0 Å². The Morgan fingerprint density at radius 3 is 2.62 bits per heavy atom. The van der Waals surface area contributed by atoms with E-state index in [0.717, 1.165) is 10.4 Å². The molecule has 0 unspecified atom stereocenters. The lowest BCUT2D eigenvalue weighted by atomic mass is 10.0. The summed E-state index contributed by atoms with van der Waals surface area (Å²) >= 11 is 2.63. The molecule has 11 heteroatoms. The fourth-order valence-corrected chi connectivity index (χ4v) is 6.22. The van der Waals surface area contributed by atoms with Crippen molar-refractivity contribution >= 4 is 40.3 Å². The van der Waals surface area contributed by atoms with E-state index in [-0.39, 0.29) is 23.0 Å². The highest BCUT2D eigenvalue weighted by Gasteiger charge is 2.33. The predicted octanol–water partition coefficient (Wildman–Crippen LogP) is 4.85. The number of aryl methyl sites for hydroxylation is 1. The lowest BCUT2D eigenvalue weighted by molar-refractivity contribution is -0.113. The largest absolute Gasteiger partial charge is 0.493 e. The number of rotatable bonds is 7. The molecule has 0 fully saturated rings. The number of nitrogens with one attached hydrogen (secondary N) is 1. The summed E-state index contributed by atoms with van der Waals surface area (Å²) in [7, 11) is 1.35. The van der Waals surface area contributed by atoms with Crippen molar-refractivity contribution in [2.45, 2.75) is 26.5 Å². The van der Waals surface area contributed by atoms with Crippen LogP contribution in [-0.4, -0.2) is 24.2 Å². The van der Waals surface area contributed by atoms with Gasteiger partial charge in [-0.25, -0.2) is 4.99 Å². The van der Waals surface area contributed by atoms with Gasteiger partial charge in [-0.15, -0.1) is 11.3 Å². The van der Waals surface area contributed by atoms with E-state index in [4.69, 9.17) is 4.74 Å². The molecule has 39 heavy (non-hydrogen) atoms. The van der Waals surface area contributed by atoms with Crippen molar-refractivity contribution in [1.82, 2.24) is 4.57 Å². The van der Waals surface area contributed by atoms with E-state index in [2.05, 4.69) is 15.0 Å². The van der Waals surface area contributed by atoms with Crippen molar-refractivity contribution in [2.75, 3.05) is 12.4 Å². The third-order valence-corrected chi connectivity index (χ3v) is 8.08. The van der Waals surface area contributed by atoms with Crippen LogP contribution in [-0.2, 0) is 4.79 Å². The third-order valence-electron chi connectivity index (χ3n) is 6.17. The van der Waals surface area contributed by atoms with Gasteiger partial charge in [0, 0.05) is 10.6 Å². The second-order valence-electron chi connectivity index (χ2n) is 8.66. The molecule has 0 spiro atoms. The molecule has 200 valence electrons. The number of methoxy groups -OCH3 is 1. The highest BCUT2D eigenvalue weighted by Crippen LogP contribution is 2.34. The Hall–Kier alpha value is -4.09. The molecular weight excluding hydrogens is 544 g/mol. The summed E-state index contributed by atoms with van der Waals surface area (Å²) < 4.78 is 37.0. The highest BCUT2D eigenvalue weighted by atomic mass is 32.1. The van der Waals surface area contributed by atoms with Crippen LogP contribution in [0.5, 0.6) is 11.5 Å². The number of para-hydroxylation sites is 1. The summed E-state index contributed by atoms with van der Waals surface area (Å²) in [5.41, 5.74) is 2.73. The number of halogens is 2. The fourth-order valence-electron chi connectivity index (χ4n) is 4.35. The molecule has 1 aliphatic heterocycles. The molecule has 5 rings (SSSR count). The number of carbonyl (C=O) groups excluding carboxylic acids is 1. The maximum Gasteiger partial charge on any atom is 0.387 e. The van der Waals surface area contributed by atoms with E-state index in [1.54, 1.807) is 19.1 Å². The van der Waals surface area contributed by atoms with Crippen LogP contribution < -0.4 is 29.7 Å². The summed E-state index contributed by atoms with van der Waals surface area (Å²) in [5, 5.41) is 4.87. The number of alkyl halides is 2. The first kappa shape index (κ1) is 26.5. The van der Waals surface area contributed by atoms with E-state index >= 15 is 0 Å². The van der Waals surface area contributed by atoms with Crippen LogP contribution in [0.15, 0.2) is 81.0 Å². The van der Waals surface area contributed by atoms with Gasteiger partial charge in [0.15, 0.2) is 16.3 Å². The van der Waals surface area contributed by atoms with Gasteiger partial charge in [-0.3, -0.25) is 14.2 Å². The number of amides is 1. The molecule has 7 nitrogen and oxygen atoms in total. The number of benzene rings is 2. The Labute approximate surface area is 230 Å². The zero-order valence-electron chi connectivity index (χ0n) is 21.1. The number of fused-ring (bicyclic) bond motifs is 1. The number of hydrogen-bond acceptors (Lipinski definition) is 7. The zero-order chi connectivity index (χ0) is 27.7. The van der Waals surface area contributed by atoms with E-state index in [1.165, 1.54) is 46.5 Å². The highest BCUT2D eigenvalue weighted by molar-refractivity contribution is 7.10. The molecular formula is C28H23F2N3O4S2. The minimum atomic E-state index is -2.99. The Morgan fingerprint density at radius 2 is 1.92 bits per heavy atom. The van der Waals surface area contributed by atoms with Crippen LogP contribution in [0.1, 0.15) is 29.0 Å². The van der Waals surface area contributed by atoms with Crippen LogP contribution in [0.4, 0.5) is 14.5 Å². The maximum absolute atomic E-state index is 13.8. The van der Waals surface area contributed by atoms with Crippen LogP contribution in [0.2, 0.25) is 0 Å². The van der Waals surface area contributed by atoms with Crippen LogP contribution >= 0.6 is 22.7 Å². The van der Waals surface area contributed by atoms with Crippen molar-refractivity contribution in [3.05, 3.63) is 107 Å². The number of allylic oxidation sites excluding steroid dienone is 1. The molecule has 0 aliphatic carbocycles. The lowest BCUT2D eigenvalue weighted by Crippen LogP contribution is -2.40. The van der Waals surface area contributed by atoms with Gasteiger partial charge in [-0.05, 0) is 60.7 Å². The van der Waals surface area contributed by atoms with E-state index in [1.807, 2.05) is 48.7 Å². The normalized spacial score (nSPS) is 15.2. The van der Waals surface area contributed by atoms with Gasteiger partial charge in [0.2, 0.25) is 0 Å². The second-order valence-corrected chi connectivity index (χ2v) is 10.6. The molecule has 1 amide bonds. The summed E-state index contributed by atoms with van der Waals surface area (Å²) in [6.07, 6.45) is 1.64. The van der Waals surface area contributed by atoms with Crippen molar-refractivity contribution in [3.8, 4) is 11.5 Å². The molecule has 2 aromatic carbocycles. The second kappa shape index (κ2) is 11.0. The number of nitrogens with zero attached hydrogens (tertiary/aromatic N) is 2. The average Bonchev–Trinajstić information content (AvgIpc) is 3.53. The predicted molar refractivity (Wildman–Crippen MR) is 148 cm³/mol. The summed E-state index contributed by atoms with van der Waals surface area (Å²) in [6, 6.07) is 15.0. The first-order valence-corrected chi connectivity index (χ1v) is 13.5. The number of anilines is 1. The molecule has 2 aromatic heterocycles. The topological polar surface area (TPSA) is 81.9 Å². The van der Waals surface area contributed by atoms with E-state index < -0.39 is 12.7 Å². The minimum Gasteiger partial charge on any atom is -0.493 e. The molecule has 1 N–H and O–H groups in total. The standard InChI is InChI=1S/C28H23F2N3O4S2/c1-15-7-4-5-8-18(15)32-25(34)23-16(2)31-28-33(24(23)21-9-6-12-38-21)26(35)22(39-28)14-17-10-11-19(37-27(29)30)20(13-17)36-3/h4-14,24,27H,1-3H3,(H,32,34)/b22-14+/t24-/m1/s1. The van der Waals surface area contributed by atoms with Crippen LogP contribution in [0.25, 0.3) is 6.08 Å². The Morgan fingerprint density at radius 1 is 1.13 bits per heavy atom. The molecule has 3 heterocycles. The molecule has 1 aliphatic rings. The van der Waals surface area contributed by atoms with Crippen LogP contribution in [0, 0.1) is 6.92 Å². The van der Waals surface area contributed by atoms with Gasteiger partial charge in [0.1, 0.15) is 6.04 Å². The monoisotopic (exact) mass is 567 g/mol. The fraction of sp³-hybridized carbons (Fsp3) is 0.179. The number of hydrogen-bond donors (Lipinski definition) is 1. The van der Waals surface area contributed by atoms with Gasteiger partial charge < -0.3 is 14.8 Å². The number of thiazole rings is 1. The smallest absolute Gasteiger partial charge is 0.387 e. The first-order chi connectivity index (χ1) is 18.8. The number of carbonyl (C=O) groups is 1. The number of aromatic nitrogens is 1. The number of ether oxygens (including phenoxy) is 2. The molecule has 0 saturated heterocycles. The van der Waals surface area contributed by atoms with Gasteiger partial charge >= 0.3 is 6.61 Å². The quantitative estimate of drug-likeness (QED) is 0.346. The Bertz CT molecular complexity index is 1760. The molecule has 1 atom stereocenters. The number of thiophene rings is 1. The van der Waals surface area contributed by atoms with Crippen LogP contribution in [0.3, 0.4) is 0 Å². The Balaban J connectivity index is 1.60. The minimum absolute atomic E-state index is 0.108. The van der Waals surface area contributed by atoms with Crippen molar-refractivity contribution < 1.29 is 23.0 Å². The van der Waals surface area contributed by atoms with Gasteiger partial charge in [-0.1, -0.05) is 41.7 Å².